The number of rotatable bonds is 2. The van der Waals surface area contributed by atoms with Gasteiger partial charge in [0, 0.05) is 44.8 Å². The maximum absolute atomic E-state index is 13.4. The van der Waals surface area contributed by atoms with Gasteiger partial charge in [-0.1, -0.05) is 23.2 Å². The van der Waals surface area contributed by atoms with Crippen LogP contribution in [0.3, 0.4) is 0 Å². The molecule has 2 aliphatic heterocycles. The van der Waals surface area contributed by atoms with Gasteiger partial charge in [-0.3, -0.25) is 19.1 Å². The molecule has 1 aromatic carbocycles. The van der Waals surface area contributed by atoms with Crippen molar-refractivity contribution in [1.29, 1.82) is 0 Å². The van der Waals surface area contributed by atoms with Crippen LogP contribution in [0.15, 0.2) is 16.9 Å². The van der Waals surface area contributed by atoms with E-state index in [2.05, 4.69) is 25.5 Å². The Hall–Kier alpha value is -2.37. The fourth-order valence-corrected chi connectivity index (χ4v) is 5.30. The number of nitrogens with zero attached hydrogens (tertiary/aromatic N) is 6. The third-order valence-corrected chi connectivity index (χ3v) is 7.00. The molecule has 33 heavy (non-hydrogen) atoms. The lowest BCUT2D eigenvalue weighted by atomic mass is 10.1. The number of aromatic nitrogens is 6. The van der Waals surface area contributed by atoms with E-state index in [0.717, 1.165) is 0 Å². The van der Waals surface area contributed by atoms with E-state index in [-0.39, 0.29) is 30.0 Å². The van der Waals surface area contributed by atoms with Crippen molar-refractivity contribution in [3.05, 3.63) is 32.7 Å². The number of anilines is 1. The summed E-state index contributed by atoms with van der Waals surface area (Å²) < 4.78 is 8.76. The zero-order valence-electron chi connectivity index (χ0n) is 17.8. The number of ether oxygens (including phenoxy) is 1. The van der Waals surface area contributed by atoms with Gasteiger partial charge in [0.25, 0.3) is 5.56 Å². The van der Waals surface area contributed by atoms with Gasteiger partial charge in [-0.25, -0.2) is 0 Å². The SMILES string of the molecule is Cl.Cn1nc2ccc(-c3n[nH]c4nc(N5CC6COCC(C5)N6)n(C)c(=O)c34)c(Cl)c2c1Cl. The lowest BCUT2D eigenvalue weighted by molar-refractivity contribution is 0.0371. The maximum atomic E-state index is 13.4. The van der Waals surface area contributed by atoms with Crippen LogP contribution in [-0.2, 0) is 18.8 Å². The van der Waals surface area contributed by atoms with E-state index >= 15 is 0 Å². The monoisotopic (exact) mass is 510 g/mol. The highest BCUT2D eigenvalue weighted by Gasteiger charge is 2.33. The van der Waals surface area contributed by atoms with Crippen molar-refractivity contribution in [3.63, 3.8) is 0 Å². The molecular formula is C20H21Cl3N8O2. The Balaban J connectivity index is 0.00000228. The molecule has 2 unspecified atom stereocenters. The second-order valence-electron chi connectivity index (χ2n) is 8.31. The van der Waals surface area contributed by atoms with Crippen molar-refractivity contribution in [1.82, 2.24) is 34.8 Å². The summed E-state index contributed by atoms with van der Waals surface area (Å²) in [5.41, 5.74) is 1.94. The van der Waals surface area contributed by atoms with Crippen molar-refractivity contribution in [3.8, 4) is 11.3 Å². The summed E-state index contributed by atoms with van der Waals surface area (Å²) in [5, 5.41) is 17.1. The fraction of sp³-hybridized carbons (Fsp3) is 0.400. The van der Waals surface area contributed by atoms with Gasteiger partial charge < -0.3 is 15.0 Å². The minimum absolute atomic E-state index is 0. The largest absolute Gasteiger partial charge is 0.378 e. The predicted molar refractivity (Wildman–Crippen MR) is 130 cm³/mol. The van der Waals surface area contributed by atoms with Gasteiger partial charge in [-0.05, 0) is 12.1 Å². The molecule has 10 nitrogen and oxygen atoms in total. The molecule has 4 aromatic rings. The predicted octanol–water partition coefficient (Wildman–Crippen LogP) is 2.12. The molecule has 3 aromatic heterocycles. The van der Waals surface area contributed by atoms with Gasteiger partial charge in [0.05, 0.1) is 29.1 Å². The number of fused-ring (bicyclic) bond motifs is 4. The number of aromatic amines is 1. The van der Waals surface area contributed by atoms with Gasteiger partial charge in [0.15, 0.2) is 5.65 Å². The van der Waals surface area contributed by atoms with Crippen molar-refractivity contribution >= 4 is 63.5 Å². The van der Waals surface area contributed by atoms with Crippen LogP contribution in [0.4, 0.5) is 5.95 Å². The zero-order chi connectivity index (χ0) is 22.1. The summed E-state index contributed by atoms with van der Waals surface area (Å²) >= 11 is 13.1. The van der Waals surface area contributed by atoms with Gasteiger partial charge in [-0.15, -0.1) is 12.4 Å². The fourth-order valence-electron chi connectivity index (χ4n) is 4.69. The standard InChI is InChI=1S/C20H20Cl2N8O2.ClH/c1-28-19(31)14-16(11-3-4-12-13(15(11)21)17(22)29(2)27-12)25-26-18(14)24-20(28)30-5-9-7-32-8-10(6-30)23-9;/h3-4,9-10,23H,5-8H2,1-2H3,(H,25,26);1H. The molecular weight excluding hydrogens is 491 g/mol. The molecule has 0 aliphatic carbocycles. The highest BCUT2D eigenvalue weighted by Crippen LogP contribution is 2.38. The van der Waals surface area contributed by atoms with Crippen LogP contribution in [0, 0.1) is 0 Å². The Morgan fingerprint density at radius 2 is 1.85 bits per heavy atom. The second-order valence-corrected chi connectivity index (χ2v) is 9.05. The van der Waals surface area contributed by atoms with Crippen LogP contribution in [0.25, 0.3) is 33.2 Å². The van der Waals surface area contributed by atoms with E-state index in [9.17, 15) is 4.79 Å². The van der Waals surface area contributed by atoms with Gasteiger partial charge in [-0.2, -0.15) is 15.2 Å². The highest BCUT2D eigenvalue weighted by atomic mass is 35.5. The lowest BCUT2D eigenvalue weighted by Crippen LogP contribution is -2.63. The van der Waals surface area contributed by atoms with E-state index in [0.29, 0.717) is 75.6 Å². The average molecular weight is 512 g/mol. The van der Waals surface area contributed by atoms with Crippen molar-refractivity contribution < 1.29 is 4.74 Å². The third-order valence-electron chi connectivity index (χ3n) is 6.17. The first-order chi connectivity index (χ1) is 15.4. The Morgan fingerprint density at radius 3 is 2.58 bits per heavy atom. The number of hydrogen-bond acceptors (Lipinski definition) is 7. The molecule has 2 N–H and O–H groups in total. The van der Waals surface area contributed by atoms with E-state index in [4.69, 9.17) is 32.9 Å². The summed E-state index contributed by atoms with van der Waals surface area (Å²) in [5.74, 6) is 0.605. The molecule has 5 heterocycles. The van der Waals surface area contributed by atoms with Crippen molar-refractivity contribution in [2.75, 3.05) is 31.2 Å². The Kier molecular flexibility index (Phi) is 5.53. The molecule has 2 saturated heterocycles. The molecule has 2 aliphatic rings. The lowest BCUT2D eigenvalue weighted by Gasteiger charge is -2.42. The van der Waals surface area contributed by atoms with Gasteiger partial charge >= 0.3 is 0 Å². The number of hydrogen-bond donors (Lipinski definition) is 2. The first kappa shape index (κ1) is 22.4. The zero-order valence-corrected chi connectivity index (χ0v) is 20.1. The molecule has 2 atom stereocenters. The first-order valence-corrected chi connectivity index (χ1v) is 11.0. The highest BCUT2D eigenvalue weighted by molar-refractivity contribution is 6.43. The quantitative estimate of drug-likeness (QED) is 0.425. The van der Waals surface area contributed by atoms with Gasteiger partial charge in [0.2, 0.25) is 5.95 Å². The van der Waals surface area contributed by atoms with Crippen LogP contribution in [-0.4, -0.2) is 67.9 Å². The topological polar surface area (TPSA) is 106 Å². The summed E-state index contributed by atoms with van der Waals surface area (Å²) in [6.07, 6.45) is 0. The summed E-state index contributed by atoms with van der Waals surface area (Å²) in [7, 11) is 3.48. The minimum atomic E-state index is -0.192. The Bertz CT molecular complexity index is 1430. The number of nitrogens with one attached hydrogen (secondary N) is 2. The van der Waals surface area contributed by atoms with Crippen LogP contribution in [0.2, 0.25) is 10.2 Å². The van der Waals surface area contributed by atoms with E-state index in [1.165, 1.54) is 0 Å². The average Bonchev–Trinajstić information content (AvgIpc) is 3.32. The number of morpholine rings is 1. The van der Waals surface area contributed by atoms with Crippen LogP contribution < -0.4 is 15.8 Å². The van der Waals surface area contributed by atoms with Crippen molar-refractivity contribution in [2.24, 2.45) is 14.1 Å². The van der Waals surface area contributed by atoms with E-state index in [1.807, 2.05) is 6.07 Å². The maximum Gasteiger partial charge on any atom is 0.266 e. The second kappa shape index (κ2) is 8.14. The third kappa shape index (κ3) is 3.39. The number of piperazine rings is 1. The van der Waals surface area contributed by atoms with E-state index < -0.39 is 0 Å². The molecule has 13 heteroatoms. The van der Waals surface area contributed by atoms with Crippen LogP contribution >= 0.6 is 35.6 Å². The number of H-pyrrole nitrogens is 1. The summed E-state index contributed by atoms with van der Waals surface area (Å²) in [4.78, 5) is 20.3. The number of aryl methyl sites for hydroxylation is 1. The van der Waals surface area contributed by atoms with Gasteiger partial charge in [0.1, 0.15) is 16.2 Å². The summed E-state index contributed by atoms with van der Waals surface area (Å²) in [6, 6.07) is 4.04. The molecule has 174 valence electrons. The Labute approximate surface area is 204 Å². The minimum Gasteiger partial charge on any atom is -0.378 e. The summed E-state index contributed by atoms with van der Waals surface area (Å²) in [6.45, 7) is 2.72. The first-order valence-electron chi connectivity index (χ1n) is 10.3. The van der Waals surface area contributed by atoms with E-state index in [1.54, 1.807) is 29.4 Å². The van der Waals surface area contributed by atoms with Crippen molar-refractivity contribution in [2.45, 2.75) is 12.1 Å². The number of benzene rings is 1. The molecule has 0 saturated carbocycles. The molecule has 0 radical (unpaired) electrons. The Morgan fingerprint density at radius 1 is 1.12 bits per heavy atom. The molecule has 0 spiro atoms. The molecule has 0 amide bonds. The smallest absolute Gasteiger partial charge is 0.266 e. The number of halogens is 3. The molecule has 6 rings (SSSR count). The van der Waals surface area contributed by atoms with Crippen LogP contribution in [0.5, 0.6) is 0 Å². The molecule has 2 bridgehead atoms. The van der Waals surface area contributed by atoms with Crippen LogP contribution in [0.1, 0.15) is 0 Å². The normalized spacial score (nSPS) is 20.4. The molecule has 2 fully saturated rings.